The van der Waals surface area contributed by atoms with Crippen LogP contribution in [0.2, 0.25) is 0 Å². The van der Waals surface area contributed by atoms with Gasteiger partial charge in [-0.3, -0.25) is 23.7 Å². The topological polar surface area (TPSA) is 160 Å². The van der Waals surface area contributed by atoms with E-state index in [0.717, 1.165) is 21.3 Å². The van der Waals surface area contributed by atoms with E-state index in [4.69, 9.17) is 9.82 Å². The summed E-state index contributed by atoms with van der Waals surface area (Å²) >= 11 is 1.85. The largest absolute Gasteiger partial charge is 0.398 e. The number of thioether (sulfide) groups is 1. The molecule has 0 aliphatic heterocycles. The molecule has 3 N–H and O–H groups in total. The second kappa shape index (κ2) is 14.6. The fraction of sp³-hybridized carbons (Fsp3) is 0.156. The molecule has 0 saturated carbocycles. The fourth-order valence-corrected chi connectivity index (χ4v) is 6.36. The number of aromatic nitrogens is 4. The van der Waals surface area contributed by atoms with Gasteiger partial charge in [0.25, 0.3) is 5.12 Å². The molecule has 1 amide bonds. The molecule has 0 aliphatic rings. The van der Waals surface area contributed by atoms with Gasteiger partial charge in [0, 0.05) is 25.4 Å². The van der Waals surface area contributed by atoms with Crippen molar-refractivity contribution in [2.45, 2.75) is 24.2 Å². The average molecular weight is 656 g/mol. The summed E-state index contributed by atoms with van der Waals surface area (Å²) in [7, 11) is 1.30. The second-order valence-corrected chi connectivity index (χ2v) is 11.6. The van der Waals surface area contributed by atoms with Gasteiger partial charge in [0.05, 0.1) is 0 Å². The lowest BCUT2D eigenvalue weighted by atomic mass is 9.77. The van der Waals surface area contributed by atoms with Gasteiger partial charge in [-0.25, -0.2) is 10.1 Å². The number of nitrogens with one attached hydrogen (secondary N) is 3. The van der Waals surface area contributed by atoms with E-state index < -0.39 is 21.8 Å². The first-order valence-corrected chi connectivity index (χ1v) is 15.7. The number of nitrogens with zero attached hydrogens (tertiary/aromatic N) is 4. The number of hydrogen-bond donors (Lipinski definition) is 3. The van der Waals surface area contributed by atoms with Crippen LogP contribution in [0.3, 0.4) is 0 Å². The van der Waals surface area contributed by atoms with Crippen LogP contribution in [0.4, 0.5) is 5.13 Å². The van der Waals surface area contributed by atoms with Crippen LogP contribution >= 0.6 is 23.1 Å². The van der Waals surface area contributed by atoms with Gasteiger partial charge in [-0.05, 0) is 28.5 Å². The Morgan fingerprint density at radius 2 is 1.52 bits per heavy atom. The van der Waals surface area contributed by atoms with Gasteiger partial charge in [0.15, 0.2) is 16.0 Å². The van der Waals surface area contributed by atoms with E-state index in [0.29, 0.717) is 16.9 Å². The van der Waals surface area contributed by atoms with Crippen LogP contribution in [0.5, 0.6) is 0 Å². The Kier molecular flexibility index (Phi) is 10.2. The molecule has 14 heteroatoms. The lowest BCUT2D eigenvalue weighted by Gasteiger charge is -2.36. The first-order chi connectivity index (χ1) is 22.3. The maximum Gasteiger partial charge on any atom is 0.330 e. The van der Waals surface area contributed by atoms with E-state index in [-0.39, 0.29) is 35.6 Å². The number of oxime groups is 1. The highest BCUT2D eigenvalue weighted by atomic mass is 32.2. The Morgan fingerprint density at radius 3 is 2.04 bits per heavy atom. The van der Waals surface area contributed by atoms with Crippen molar-refractivity contribution in [2.24, 2.45) is 5.16 Å². The maximum atomic E-state index is 13.6. The van der Waals surface area contributed by atoms with Gasteiger partial charge in [-0.1, -0.05) is 96.2 Å². The highest BCUT2D eigenvalue weighted by Gasteiger charge is 2.37. The van der Waals surface area contributed by atoms with Crippen molar-refractivity contribution < 1.29 is 14.4 Å². The number of carbonyl (C=O) groups is 2. The number of carbonyl (C=O) groups excluding carboxylic acids is 2. The number of rotatable bonds is 12. The summed E-state index contributed by atoms with van der Waals surface area (Å²) in [5, 5.41) is 17.6. The highest BCUT2D eigenvalue weighted by Crippen LogP contribution is 2.40. The number of aromatic amines is 1. The van der Waals surface area contributed by atoms with E-state index >= 15 is 0 Å². The predicted molar refractivity (Wildman–Crippen MR) is 177 cm³/mol. The third-order valence-corrected chi connectivity index (χ3v) is 8.49. The zero-order chi connectivity index (χ0) is 32.5. The summed E-state index contributed by atoms with van der Waals surface area (Å²) in [4.78, 5) is 59.2. The monoisotopic (exact) mass is 655 g/mol. The molecule has 234 valence electrons. The van der Waals surface area contributed by atoms with E-state index in [1.54, 1.807) is 5.38 Å². The number of hydrogen-bond acceptors (Lipinski definition) is 11. The minimum Gasteiger partial charge on any atom is -0.398 e. The fourth-order valence-electron chi connectivity index (χ4n) is 4.83. The summed E-state index contributed by atoms with van der Waals surface area (Å²) in [6.45, 7) is 1.30. The Morgan fingerprint density at radius 1 is 0.957 bits per heavy atom. The first-order valence-electron chi connectivity index (χ1n) is 14.0. The quantitative estimate of drug-likeness (QED) is 0.0600. The van der Waals surface area contributed by atoms with E-state index in [9.17, 15) is 19.2 Å². The van der Waals surface area contributed by atoms with Crippen LogP contribution in [-0.4, -0.2) is 50.1 Å². The lowest BCUT2D eigenvalue weighted by Crippen LogP contribution is -2.40. The van der Waals surface area contributed by atoms with E-state index in [2.05, 4.69) is 26.0 Å². The van der Waals surface area contributed by atoms with Crippen LogP contribution < -0.4 is 21.8 Å². The van der Waals surface area contributed by atoms with E-state index in [1.165, 1.54) is 25.4 Å². The molecule has 0 unspecified atom stereocenters. The molecule has 5 aromatic rings. The zero-order valence-electron chi connectivity index (χ0n) is 24.8. The molecule has 0 spiro atoms. The summed E-state index contributed by atoms with van der Waals surface area (Å²) in [6.07, 6.45) is 0. The van der Waals surface area contributed by atoms with Gasteiger partial charge < -0.3 is 15.5 Å². The molecule has 5 rings (SSSR count). The SMILES string of the molecule is CON=C(C(=O)Sc1n[nH]c(=O)c(=O)n1CCNC(C)=O)c1csc(NC(c2ccccc2)(c2ccccc2)c2ccccc2)n1. The summed E-state index contributed by atoms with van der Waals surface area (Å²) in [5.74, 6) is -0.311. The average Bonchev–Trinajstić information content (AvgIpc) is 3.54. The van der Waals surface area contributed by atoms with Crippen molar-refractivity contribution in [3.8, 4) is 0 Å². The second-order valence-electron chi connectivity index (χ2n) is 9.80. The molecular formula is C32H29N7O5S2. The van der Waals surface area contributed by atoms with Crippen LogP contribution in [0, 0.1) is 0 Å². The Bertz CT molecular complexity index is 1860. The lowest BCUT2D eigenvalue weighted by molar-refractivity contribution is -0.119. The van der Waals surface area contributed by atoms with Crippen molar-refractivity contribution in [2.75, 3.05) is 19.0 Å². The molecule has 46 heavy (non-hydrogen) atoms. The van der Waals surface area contributed by atoms with Gasteiger partial charge in [0.1, 0.15) is 18.3 Å². The number of benzene rings is 3. The summed E-state index contributed by atoms with van der Waals surface area (Å²) in [5.41, 5.74) is 0.301. The zero-order valence-corrected chi connectivity index (χ0v) is 26.4. The number of H-pyrrole nitrogens is 1. The molecule has 0 fully saturated rings. The molecule has 2 aromatic heterocycles. The van der Waals surface area contributed by atoms with Crippen molar-refractivity contribution in [1.29, 1.82) is 0 Å². The first kappa shape index (κ1) is 32.1. The molecule has 2 heterocycles. The van der Waals surface area contributed by atoms with Gasteiger partial charge in [-0.2, -0.15) is 0 Å². The van der Waals surface area contributed by atoms with Gasteiger partial charge >= 0.3 is 11.1 Å². The van der Waals surface area contributed by atoms with Crippen LogP contribution in [-0.2, 0) is 26.5 Å². The Balaban J connectivity index is 1.51. The van der Waals surface area contributed by atoms with Gasteiger partial charge in [-0.15, -0.1) is 16.4 Å². The standard InChI is InChI=1S/C32H29N7O5S2/c1-21(40)33-18-19-39-28(42)27(41)36-37-31(39)46-29(43)26(38-44-2)25-20-45-30(34-25)35-32(22-12-6-3-7-13-22,23-14-8-4-9-15-23)24-16-10-5-11-17-24/h3-17,20H,18-19H2,1-2H3,(H,33,40)(H,34,35)(H,36,41). The molecule has 0 aliphatic carbocycles. The number of thiazole rings is 1. The van der Waals surface area contributed by atoms with Crippen molar-refractivity contribution in [3.05, 3.63) is 139 Å². The minimum absolute atomic E-state index is 0.0499. The van der Waals surface area contributed by atoms with Crippen molar-refractivity contribution in [3.63, 3.8) is 0 Å². The van der Waals surface area contributed by atoms with Crippen molar-refractivity contribution >= 4 is 45.0 Å². The third-order valence-electron chi connectivity index (χ3n) is 6.85. The Labute approximate surface area is 271 Å². The van der Waals surface area contributed by atoms with Crippen LogP contribution in [0.15, 0.2) is 116 Å². The molecule has 0 atom stereocenters. The predicted octanol–water partition coefficient (Wildman–Crippen LogP) is 3.60. The van der Waals surface area contributed by atoms with Crippen molar-refractivity contribution in [1.82, 2.24) is 25.1 Å². The third kappa shape index (κ3) is 6.98. The van der Waals surface area contributed by atoms with E-state index in [1.807, 2.05) is 91.0 Å². The maximum absolute atomic E-state index is 13.6. The highest BCUT2D eigenvalue weighted by molar-refractivity contribution is 8.15. The minimum atomic E-state index is -0.959. The smallest absolute Gasteiger partial charge is 0.330 e. The molecule has 0 radical (unpaired) electrons. The number of amides is 1. The summed E-state index contributed by atoms with van der Waals surface area (Å²) < 4.78 is 1.02. The molecule has 12 nitrogen and oxygen atoms in total. The summed E-state index contributed by atoms with van der Waals surface area (Å²) in [6, 6.07) is 30.0. The van der Waals surface area contributed by atoms with Crippen LogP contribution in [0.1, 0.15) is 29.3 Å². The molecule has 0 bridgehead atoms. The molecular weight excluding hydrogens is 627 g/mol. The van der Waals surface area contributed by atoms with Gasteiger partial charge in [0.2, 0.25) is 5.91 Å². The normalized spacial score (nSPS) is 11.6. The molecule has 3 aromatic carbocycles. The Hall–Kier alpha value is -5.34. The number of anilines is 1. The van der Waals surface area contributed by atoms with Crippen LogP contribution in [0.25, 0.3) is 0 Å². The molecule has 0 saturated heterocycles.